The van der Waals surface area contributed by atoms with Crippen molar-refractivity contribution in [3.63, 3.8) is 0 Å². The minimum atomic E-state index is -4.22. The highest BCUT2D eigenvalue weighted by Gasteiger charge is 2.35. The maximum Gasteiger partial charge on any atom is 0.264 e. The molecular weight excluding hydrogens is 574 g/mol. The molecule has 0 bridgehead atoms. The fraction of sp³-hybridized carbons (Fsp3) is 0.188. The molecule has 0 aliphatic carbocycles. The number of hydrogen-bond donors (Lipinski definition) is 1. The molecule has 2 amide bonds. The van der Waals surface area contributed by atoms with Crippen LogP contribution < -0.4 is 14.4 Å². The Labute approximate surface area is 251 Å². The molecule has 0 radical (unpaired) electrons. The number of para-hydroxylation sites is 2. The topological polar surface area (TPSA) is 96.0 Å². The molecule has 0 saturated carbocycles. The zero-order valence-corrected chi connectivity index (χ0v) is 24.9. The predicted octanol–water partition coefficient (Wildman–Crippen LogP) is 4.93. The fourth-order valence-electron chi connectivity index (χ4n) is 4.62. The number of amides is 2. The molecule has 4 rings (SSSR count). The third-order valence-corrected chi connectivity index (χ3v) is 8.73. The number of ether oxygens (including phenoxy) is 1. The Hall–Kier alpha value is -4.34. The molecule has 4 aromatic rings. The predicted molar refractivity (Wildman–Crippen MR) is 164 cm³/mol. The summed E-state index contributed by atoms with van der Waals surface area (Å²) >= 11 is 6.25. The van der Waals surface area contributed by atoms with Gasteiger partial charge in [-0.2, -0.15) is 0 Å². The molecule has 0 spiro atoms. The van der Waals surface area contributed by atoms with E-state index in [9.17, 15) is 18.0 Å². The summed E-state index contributed by atoms with van der Waals surface area (Å²) < 4.78 is 34.5. The van der Waals surface area contributed by atoms with Crippen LogP contribution in [0.3, 0.4) is 0 Å². The van der Waals surface area contributed by atoms with Crippen LogP contribution in [-0.4, -0.2) is 51.9 Å². The van der Waals surface area contributed by atoms with E-state index in [1.165, 1.54) is 31.2 Å². The average molecular weight is 606 g/mol. The summed E-state index contributed by atoms with van der Waals surface area (Å²) in [6.45, 7) is -0.560. The lowest BCUT2D eigenvalue weighted by atomic mass is 10.0. The maximum absolute atomic E-state index is 14.3. The molecule has 8 nitrogen and oxygen atoms in total. The Morgan fingerprint density at radius 2 is 1.48 bits per heavy atom. The quantitative estimate of drug-likeness (QED) is 0.247. The van der Waals surface area contributed by atoms with Gasteiger partial charge in [0.05, 0.1) is 17.7 Å². The molecule has 0 aromatic heterocycles. The lowest BCUT2D eigenvalue weighted by Gasteiger charge is -2.34. The van der Waals surface area contributed by atoms with Crippen LogP contribution in [0, 0.1) is 0 Å². The van der Waals surface area contributed by atoms with Gasteiger partial charge in [0.1, 0.15) is 18.3 Å². The van der Waals surface area contributed by atoms with Crippen LogP contribution in [-0.2, 0) is 32.6 Å². The van der Waals surface area contributed by atoms with Gasteiger partial charge in [0, 0.05) is 25.0 Å². The molecule has 0 heterocycles. The van der Waals surface area contributed by atoms with Gasteiger partial charge in [0.25, 0.3) is 10.0 Å². The monoisotopic (exact) mass is 605 g/mol. The third kappa shape index (κ3) is 7.29. The normalized spacial score (nSPS) is 11.8. The molecule has 0 saturated heterocycles. The summed E-state index contributed by atoms with van der Waals surface area (Å²) in [7, 11) is -1.29. The first-order chi connectivity index (χ1) is 20.2. The first kappa shape index (κ1) is 30.6. The smallest absolute Gasteiger partial charge is 0.264 e. The van der Waals surface area contributed by atoms with E-state index in [4.69, 9.17) is 16.3 Å². The van der Waals surface area contributed by atoms with Crippen molar-refractivity contribution in [3.8, 4) is 5.75 Å². The van der Waals surface area contributed by atoms with E-state index in [0.717, 1.165) is 9.87 Å². The number of carbonyl (C=O) groups excluding carboxylic acids is 2. The van der Waals surface area contributed by atoms with Gasteiger partial charge in [0.15, 0.2) is 0 Å². The number of sulfonamides is 1. The van der Waals surface area contributed by atoms with Crippen molar-refractivity contribution in [2.24, 2.45) is 0 Å². The Balaban J connectivity index is 1.81. The van der Waals surface area contributed by atoms with Gasteiger partial charge < -0.3 is 15.0 Å². The summed E-state index contributed by atoms with van der Waals surface area (Å²) in [6, 6.07) is 29.8. The second-order valence-electron chi connectivity index (χ2n) is 9.47. The van der Waals surface area contributed by atoms with Crippen molar-refractivity contribution < 1.29 is 22.7 Å². The lowest BCUT2D eigenvalue weighted by Crippen LogP contribution is -2.53. The van der Waals surface area contributed by atoms with Crippen LogP contribution in [0.15, 0.2) is 114 Å². The summed E-state index contributed by atoms with van der Waals surface area (Å²) in [5, 5.41) is 3.14. The highest BCUT2D eigenvalue weighted by atomic mass is 35.5. The molecule has 0 aliphatic rings. The number of nitrogens with zero attached hydrogens (tertiary/aromatic N) is 2. The standard InChI is InChI=1S/C32H32ClN3O5S/c1-34-32(38)29(21-24-12-5-3-6-13-24)35(22-25-14-11-15-26(33)20-25)31(37)23-36(28-18-9-10-19-30(28)41-2)42(39,40)27-16-7-4-8-17-27/h3-20,29H,21-23H2,1-2H3,(H,34,38)/t29-/m1/s1. The summed E-state index contributed by atoms with van der Waals surface area (Å²) in [5.41, 5.74) is 1.72. The third-order valence-electron chi connectivity index (χ3n) is 6.72. The van der Waals surface area contributed by atoms with Gasteiger partial charge in [-0.3, -0.25) is 13.9 Å². The van der Waals surface area contributed by atoms with Crippen molar-refractivity contribution in [1.82, 2.24) is 10.2 Å². The first-order valence-electron chi connectivity index (χ1n) is 13.2. The highest BCUT2D eigenvalue weighted by molar-refractivity contribution is 7.92. The summed E-state index contributed by atoms with van der Waals surface area (Å²) in [5.74, 6) is -0.688. The van der Waals surface area contributed by atoms with E-state index < -0.39 is 28.5 Å². The SMILES string of the molecule is CNC(=O)[C@@H](Cc1ccccc1)N(Cc1cccc(Cl)c1)C(=O)CN(c1ccccc1OC)S(=O)(=O)c1ccccc1. The van der Waals surface area contributed by atoms with Gasteiger partial charge >= 0.3 is 0 Å². The van der Waals surface area contributed by atoms with Gasteiger partial charge in [-0.25, -0.2) is 8.42 Å². The number of likely N-dealkylation sites (N-methyl/N-ethyl adjacent to an activating group) is 1. The number of anilines is 1. The van der Waals surface area contributed by atoms with E-state index in [-0.39, 0.29) is 35.2 Å². The number of halogens is 1. The van der Waals surface area contributed by atoms with E-state index in [2.05, 4.69) is 5.32 Å². The lowest BCUT2D eigenvalue weighted by molar-refractivity contribution is -0.139. The Morgan fingerprint density at radius 3 is 2.12 bits per heavy atom. The van der Waals surface area contributed by atoms with Crippen LogP contribution in [0.25, 0.3) is 0 Å². The van der Waals surface area contributed by atoms with E-state index in [1.54, 1.807) is 66.7 Å². The van der Waals surface area contributed by atoms with Crippen molar-refractivity contribution in [2.45, 2.75) is 23.9 Å². The van der Waals surface area contributed by atoms with Crippen LogP contribution in [0.4, 0.5) is 5.69 Å². The minimum Gasteiger partial charge on any atom is -0.495 e. The van der Waals surface area contributed by atoms with E-state index >= 15 is 0 Å². The van der Waals surface area contributed by atoms with Crippen molar-refractivity contribution in [3.05, 3.63) is 125 Å². The van der Waals surface area contributed by atoms with Crippen LogP contribution in [0.2, 0.25) is 5.02 Å². The minimum absolute atomic E-state index is 0.0113. The van der Waals surface area contributed by atoms with Crippen LogP contribution in [0.5, 0.6) is 5.75 Å². The van der Waals surface area contributed by atoms with Gasteiger partial charge in [0.2, 0.25) is 11.8 Å². The van der Waals surface area contributed by atoms with Crippen molar-refractivity contribution in [2.75, 3.05) is 25.0 Å². The second-order valence-corrected chi connectivity index (χ2v) is 11.8. The average Bonchev–Trinajstić information content (AvgIpc) is 3.02. The summed E-state index contributed by atoms with van der Waals surface area (Å²) in [6.07, 6.45) is 0.215. The largest absolute Gasteiger partial charge is 0.495 e. The molecule has 0 aliphatic heterocycles. The number of rotatable bonds is 12. The van der Waals surface area contributed by atoms with Gasteiger partial charge in [-0.15, -0.1) is 0 Å². The molecule has 4 aromatic carbocycles. The second kappa shape index (κ2) is 14.0. The molecule has 0 unspecified atom stereocenters. The van der Waals surface area contributed by atoms with Crippen molar-refractivity contribution >= 4 is 39.1 Å². The fourth-order valence-corrected chi connectivity index (χ4v) is 6.28. The molecule has 1 N–H and O–H groups in total. The number of carbonyl (C=O) groups is 2. The number of benzene rings is 4. The molecule has 0 fully saturated rings. The maximum atomic E-state index is 14.3. The molecule has 10 heteroatoms. The van der Waals surface area contributed by atoms with E-state index in [0.29, 0.717) is 10.6 Å². The molecule has 218 valence electrons. The highest BCUT2D eigenvalue weighted by Crippen LogP contribution is 2.32. The zero-order chi connectivity index (χ0) is 30.1. The molecule has 42 heavy (non-hydrogen) atoms. The Bertz CT molecular complexity index is 1620. The number of nitrogens with one attached hydrogen (secondary N) is 1. The Morgan fingerprint density at radius 1 is 0.857 bits per heavy atom. The first-order valence-corrected chi connectivity index (χ1v) is 15.1. The Kier molecular flexibility index (Phi) is 10.2. The molecular formula is C32H32ClN3O5S. The molecule has 1 atom stereocenters. The van der Waals surface area contributed by atoms with E-state index in [1.807, 2.05) is 30.3 Å². The zero-order valence-electron chi connectivity index (χ0n) is 23.3. The number of methoxy groups -OCH3 is 1. The summed E-state index contributed by atoms with van der Waals surface area (Å²) in [4.78, 5) is 29.0. The van der Waals surface area contributed by atoms with Gasteiger partial charge in [-0.05, 0) is 47.5 Å². The van der Waals surface area contributed by atoms with Crippen LogP contribution >= 0.6 is 11.6 Å². The van der Waals surface area contributed by atoms with Crippen molar-refractivity contribution in [1.29, 1.82) is 0 Å². The number of hydrogen-bond acceptors (Lipinski definition) is 5. The van der Waals surface area contributed by atoms with Gasteiger partial charge in [-0.1, -0.05) is 84.4 Å². The van der Waals surface area contributed by atoms with Crippen LogP contribution in [0.1, 0.15) is 11.1 Å².